The fourth-order valence-electron chi connectivity index (χ4n) is 3.40. The standard InChI is InChI=1S/C21H25N3O8S/c1-15(2)32-17-4-6-18(7-5-17)33(29,30)23-11-9-22(10-12-23)16-3-8-19(24(27)28)20(13-16)31-14-21(25)26/h3-8,13,15H,9-12,14H2,1-2H3,(H,25,26). The van der Waals surface area contributed by atoms with Crippen LogP contribution in [-0.2, 0) is 14.8 Å². The van der Waals surface area contributed by atoms with E-state index in [0.717, 1.165) is 0 Å². The zero-order chi connectivity index (χ0) is 24.2. The molecule has 11 nitrogen and oxygen atoms in total. The summed E-state index contributed by atoms with van der Waals surface area (Å²) in [5.41, 5.74) is 0.235. The number of rotatable bonds is 9. The number of hydrogen-bond donors (Lipinski definition) is 1. The fraction of sp³-hybridized carbons (Fsp3) is 0.381. The third-order valence-corrected chi connectivity index (χ3v) is 6.84. The lowest BCUT2D eigenvalue weighted by molar-refractivity contribution is -0.385. The lowest BCUT2D eigenvalue weighted by Crippen LogP contribution is -2.48. The third kappa shape index (κ3) is 5.90. The zero-order valence-corrected chi connectivity index (χ0v) is 19.0. The highest BCUT2D eigenvalue weighted by Gasteiger charge is 2.29. The normalized spacial score (nSPS) is 14.8. The van der Waals surface area contributed by atoms with E-state index in [0.29, 0.717) is 24.5 Å². The predicted octanol–water partition coefficient (Wildman–Crippen LogP) is 2.36. The van der Waals surface area contributed by atoms with E-state index in [1.807, 2.05) is 18.7 Å². The van der Waals surface area contributed by atoms with Crippen molar-refractivity contribution in [2.75, 3.05) is 37.7 Å². The van der Waals surface area contributed by atoms with Gasteiger partial charge in [0.05, 0.1) is 15.9 Å². The molecule has 0 amide bonds. The molecule has 1 aliphatic heterocycles. The van der Waals surface area contributed by atoms with Gasteiger partial charge in [-0.25, -0.2) is 13.2 Å². The minimum absolute atomic E-state index is 0.0185. The van der Waals surface area contributed by atoms with Crippen LogP contribution in [0.2, 0.25) is 0 Å². The van der Waals surface area contributed by atoms with Crippen molar-refractivity contribution < 1.29 is 32.7 Å². The van der Waals surface area contributed by atoms with Gasteiger partial charge in [0.2, 0.25) is 10.0 Å². The van der Waals surface area contributed by atoms with Gasteiger partial charge in [0.15, 0.2) is 12.4 Å². The molecule has 2 aromatic rings. The van der Waals surface area contributed by atoms with Crippen LogP contribution < -0.4 is 14.4 Å². The molecule has 178 valence electrons. The SMILES string of the molecule is CC(C)Oc1ccc(S(=O)(=O)N2CCN(c3ccc([N+](=O)[O-])c(OCC(=O)O)c3)CC2)cc1. The lowest BCUT2D eigenvalue weighted by Gasteiger charge is -2.35. The van der Waals surface area contributed by atoms with E-state index in [1.54, 1.807) is 12.1 Å². The highest BCUT2D eigenvalue weighted by atomic mass is 32.2. The maximum absolute atomic E-state index is 13.0. The van der Waals surface area contributed by atoms with Crippen molar-refractivity contribution in [3.63, 3.8) is 0 Å². The monoisotopic (exact) mass is 479 g/mol. The average molecular weight is 480 g/mol. The van der Waals surface area contributed by atoms with Gasteiger partial charge in [0.1, 0.15) is 5.75 Å². The number of ether oxygens (including phenoxy) is 2. The topological polar surface area (TPSA) is 140 Å². The Hall–Kier alpha value is -3.38. The summed E-state index contributed by atoms with van der Waals surface area (Å²) in [5, 5.41) is 20.0. The molecular formula is C21H25N3O8S. The Morgan fingerprint density at radius 1 is 1.12 bits per heavy atom. The van der Waals surface area contributed by atoms with Gasteiger partial charge in [-0.2, -0.15) is 4.31 Å². The summed E-state index contributed by atoms with van der Waals surface area (Å²) < 4.78 is 38.0. The number of aliphatic carboxylic acids is 1. The minimum Gasteiger partial charge on any atom is -0.491 e. The summed E-state index contributed by atoms with van der Waals surface area (Å²) in [7, 11) is -3.69. The number of carbonyl (C=O) groups is 1. The largest absolute Gasteiger partial charge is 0.491 e. The molecule has 3 rings (SSSR count). The maximum Gasteiger partial charge on any atom is 0.341 e. The van der Waals surface area contributed by atoms with Gasteiger partial charge in [0, 0.05) is 44.0 Å². The molecule has 2 aromatic carbocycles. The molecule has 1 fully saturated rings. The molecular weight excluding hydrogens is 454 g/mol. The fourth-order valence-corrected chi connectivity index (χ4v) is 4.83. The van der Waals surface area contributed by atoms with Crippen LogP contribution in [0.1, 0.15) is 13.8 Å². The second-order valence-corrected chi connectivity index (χ2v) is 9.56. The number of sulfonamides is 1. The van der Waals surface area contributed by atoms with Gasteiger partial charge in [-0.05, 0) is 44.2 Å². The number of carboxylic acids is 1. The number of nitro groups is 1. The summed E-state index contributed by atoms with van der Waals surface area (Å²) in [6.07, 6.45) is -0.0185. The van der Waals surface area contributed by atoms with Crippen LogP contribution in [-0.4, -0.2) is 67.6 Å². The average Bonchev–Trinajstić information content (AvgIpc) is 2.77. The van der Waals surface area contributed by atoms with Gasteiger partial charge in [-0.15, -0.1) is 0 Å². The van der Waals surface area contributed by atoms with Crippen molar-refractivity contribution >= 4 is 27.4 Å². The van der Waals surface area contributed by atoms with Crippen molar-refractivity contribution in [3.05, 3.63) is 52.6 Å². The summed E-state index contributed by atoms with van der Waals surface area (Å²) in [4.78, 5) is 23.4. The molecule has 1 heterocycles. The zero-order valence-electron chi connectivity index (χ0n) is 18.2. The molecule has 0 aliphatic carbocycles. The van der Waals surface area contributed by atoms with Gasteiger partial charge in [0.25, 0.3) is 0 Å². The second kappa shape index (κ2) is 10.0. The minimum atomic E-state index is -3.69. The van der Waals surface area contributed by atoms with E-state index in [2.05, 4.69) is 0 Å². The maximum atomic E-state index is 13.0. The molecule has 0 atom stereocenters. The molecule has 0 spiro atoms. The molecule has 33 heavy (non-hydrogen) atoms. The number of nitrogens with zero attached hydrogens (tertiary/aromatic N) is 3. The molecule has 1 N–H and O–H groups in total. The Balaban J connectivity index is 1.70. The van der Waals surface area contributed by atoms with Crippen molar-refractivity contribution in [3.8, 4) is 11.5 Å². The summed E-state index contributed by atoms with van der Waals surface area (Å²) in [5.74, 6) is -0.816. The third-order valence-electron chi connectivity index (χ3n) is 4.93. The first-order valence-electron chi connectivity index (χ1n) is 10.2. The van der Waals surface area contributed by atoms with Gasteiger partial charge >= 0.3 is 11.7 Å². The molecule has 12 heteroatoms. The van der Waals surface area contributed by atoms with E-state index in [1.165, 1.54) is 34.6 Å². The van der Waals surface area contributed by atoms with Crippen molar-refractivity contribution in [1.82, 2.24) is 4.31 Å². The van der Waals surface area contributed by atoms with Crippen molar-refractivity contribution in [2.45, 2.75) is 24.8 Å². The van der Waals surface area contributed by atoms with E-state index in [9.17, 15) is 23.3 Å². The number of benzene rings is 2. The molecule has 0 radical (unpaired) electrons. The summed E-state index contributed by atoms with van der Waals surface area (Å²) >= 11 is 0. The first-order chi connectivity index (χ1) is 15.6. The smallest absolute Gasteiger partial charge is 0.341 e. The molecule has 1 saturated heterocycles. The highest BCUT2D eigenvalue weighted by molar-refractivity contribution is 7.89. The number of piperazine rings is 1. The molecule has 0 aromatic heterocycles. The Kier molecular flexibility index (Phi) is 7.39. The Labute approximate surface area is 191 Å². The van der Waals surface area contributed by atoms with Crippen LogP contribution >= 0.6 is 0 Å². The van der Waals surface area contributed by atoms with Crippen LogP contribution in [0, 0.1) is 10.1 Å². The molecule has 0 saturated carbocycles. The van der Waals surface area contributed by atoms with Gasteiger partial charge in [-0.1, -0.05) is 0 Å². The van der Waals surface area contributed by atoms with Crippen LogP contribution in [0.5, 0.6) is 11.5 Å². The Bertz CT molecular complexity index is 1110. The molecule has 0 unspecified atom stereocenters. The number of anilines is 1. The van der Waals surface area contributed by atoms with Gasteiger partial charge in [-0.3, -0.25) is 10.1 Å². The lowest BCUT2D eigenvalue weighted by atomic mass is 10.2. The van der Waals surface area contributed by atoms with Crippen molar-refractivity contribution in [2.24, 2.45) is 0 Å². The quantitative estimate of drug-likeness (QED) is 0.424. The van der Waals surface area contributed by atoms with Crippen LogP contribution in [0.4, 0.5) is 11.4 Å². The van der Waals surface area contributed by atoms with Crippen LogP contribution in [0.25, 0.3) is 0 Å². The van der Waals surface area contributed by atoms with E-state index in [4.69, 9.17) is 14.6 Å². The van der Waals surface area contributed by atoms with Crippen molar-refractivity contribution in [1.29, 1.82) is 0 Å². The number of carboxylic acid groups (broad SMARTS) is 1. The molecule has 0 bridgehead atoms. The Morgan fingerprint density at radius 2 is 1.76 bits per heavy atom. The van der Waals surface area contributed by atoms with Gasteiger partial charge < -0.3 is 19.5 Å². The summed E-state index contributed by atoms with van der Waals surface area (Å²) in [6, 6.07) is 10.5. The highest BCUT2D eigenvalue weighted by Crippen LogP contribution is 2.32. The second-order valence-electron chi connectivity index (χ2n) is 7.62. The Morgan fingerprint density at radius 3 is 2.30 bits per heavy atom. The van der Waals surface area contributed by atoms with Crippen LogP contribution in [0.15, 0.2) is 47.4 Å². The van der Waals surface area contributed by atoms with E-state index in [-0.39, 0.29) is 35.5 Å². The number of nitro benzene ring substituents is 1. The molecule has 1 aliphatic rings. The number of hydrogen-bond acceptors (Lipinski definition) is 8. The first kappa shape index (κ1) is 24.3. The van der Waals surface area contributed by atoms with Crippen LogP contribution in [0.3, 0.4) is 0 Å². The van der Waals surface area contributed by atoms with E-state index >= 15 is 0 Å². The summed E-state index contributed by atoms with van der Waals surface area (Å²) in [6.45, 7) is 4.20. The predicted molar refractivity (Wildman–Crippen MR) is 119 cm³/mol. The van der Waals surface area contributed by atoms with E-state index < -0.39 is 27.5 Å². The first-order valence-corrected chi connectivity index (χ1v) is 11.7.